The van der Waals surface area contributed by atoms with Crippen LogP contribution < -0.4 is 5.32 Å². The van der Waals surface area contributed by atoms with Crippen molar-refractivity contribution in [2.24, 2.45) is 0 Å². The van der Waals surface area contributed by atoms with Crippen LogP contribution in [0, 0.1) is 0 Å². The van der Waals surface area contributed by atoms with Crippen molar-refractivity contribution >= 4 is 5.69 Å². The van der Waals surface area contributed by atoms with Crippen molar-refractivity contribution < 1.29 is 0 Å². The van der Waals surface area contributed by atoms with Crippen LogP contribution >= 0.6 is 0 Å². The Morgan fingerprint density at radius 2 is 1.95 bits per heavy atom. The Balaban J connectivity index is 1.65. The second kappa shape index (κ2) is 6.44. The summed E-state index contributed by atoms with van der Waals surface area (Å²) in [6.45, 7) is 7.08. The number of hydrogen-bond donors (Lipinski definition) is 1. The number of nitrogens with one attached hydrogen (secondary N) is 1. The SMILES string of the molecule is CC(C)c1ncc(CN(C)Cc2cccc3c2NCC3)cn1. The van der Waals surface area contributed by atoms with Crippen LogP contribution in [0.2, 0.25) is 0 Å². The molecule has 4 nitrogen and oxygen atoms in total. The largest absolute Gasteiger partial charge is 0.384 e. The van der Waals surface area contributed by atoms with Crippen LogP contribution in [0.3, 0.4) is 0 Å². The lowest BCUT2D eigenvalue weighted by Gasteiger charge is -2.19. The predicted octanol–water partition coefficient (Wildman–Crippen LogP) is 3.20. The summed E-state index contributed by atoms with van der Waals surface area (Å²) in [5.74, 6) is 1.29. The van der Waals surface area contributed by atoms with Crippen LogP contribution in [0.4, 0.5) is 5.69 Å². The third-order valence-electron chi connectivity index (χ3n) is 4.07. The van der Waals surface area contributed by atoms with Gasteiger partial charge in [0, 0.05) is 49.2 Å². The van der Waals surface area contributed by atoms with E-state index in [2.05, 4.69) is 59.3 Å². The van der Waals surface area contributed by atoms with Gasteiger partial charge in [-0.3, -0.25) is 4.90 Å². The van der Waals surface area contributed by atoms with Crippen LogP contribution in [-0.2, 0) is 19.5 Å². The van der Waals surface area contributed by atoms with Gasteiger partial charge in [0.2, 0.25) is 0 Å². The van der Waals surface area contributed by atoms with Gasteiger partial charge in [-0.05, 0) is 24.6 Å². The first-order valence-corrected chi connectivity index (χ1v) is 7.97. The van der Waals surface area contributed by atoms with E-state index >= 15 is 0 Å². The first-order valence-electron chi connectivity index (χ1n) is 7.97. The predicted molar refractivity (Wildman–Crippen MR) is 89.9 cm³/mol. The van der Waals surface area contributed by atoms with E-state index in [9.17, 15) is 0 Å². The third-order valence-corrected chi connectivity index (χ3v) is 4.07. The molecule has 1 aromatic heterocycles. The number of anilines is 1. The molecule has 0 unspecified atom stereocenters. The molecule has 0 amide bonds. The molecule has 1 N–H and O–H groups in total. The maximum absolute atomic E-state index is 4.45. The van der Waals surface area contributed by atoms with E-state index in [1.165, 1.54) is 16.8 Å². The van der Waals surface area contributed by atoms with Gasteiger partial charge < -0.3 is 5.32 Å². The Labute approximate surface area is 132 Å². The number of para-hydroxylation sites is 1. The highest BCUT2D eigenvalue weighted by Gasteiger charge is 2.14. The number of fused-ring (bicyclic) bond motifs is 1. The van der Waals surface area contributed by atoms with Crippen LogP contribution in [0.25, 0.3) is 0 Å². The third kappa shape index (κ3) is 3.28. The van der Waals surface area contributed by atoms with E-state index in [4.69, 9.17) is 0 Å². The van der Waals surface area contributed by atoms with E-state index in [1.54, 1.807) is 0 Å². The van der Waals surface area contributed by atoms with Gasteiger partial charge in [0.05, 0.1) is 0 Å². The normalized spacial score (nSPS) is 13.5. The summed E-state index contributed by atoms with van der Waals surface area (Å²) in [5.41, 5.74) is 5.31. The smallest absolute Gasteiger partial charge is 0.130 e. The van der Waals surface area contributed by atoms with E-state index in [1.807, 2.05) is 12.4 Å². The van der Waals surface area contributed by atoms with Gasteiger partial charge >= 0.3 is 0 Å². The van der Waals surface area contributed by atoms with Crippen molar-refractivity contribution in [3.8, 4) is 0 Å². The lowest BCUT2D eigenvalue weighted by molar-refractivity contribution is 0.318. The zero-order chi connectivity index (χ0) is 15.5. The van der Waals surface area contributed by atoms with Crippen molar-refractivity contribution in [2.75, 3.05) is 18.9 Å². The number of rotatable bonds is 5. The first kappa shape index (κ1) is 15.0. The standard InChI is InChI=1S/C18H24N4/c1-13(2)18-20-9-14(10-21-18)11-22(3)12-16-6-4-5-15-7-8-19-17(15)16/h4-6,9-10,13,19H,7-8,11-12H2,1-3H3. The zero-order valence-electron chi connectivity index (χ0n) is 13.6. The molecule has 0 aliphatic carbocycles. The average molecular weight is 296 g/mol. The summed E-state index contributed by atoms with van der Waals surface area (Å²) in [7, 11) is 2.14. The first-order chi connectivity index (χ1) is 10.6. The summed E-state index contributed by atoms with van der Waals surface area (Å²) in [6, 6.07) is 6.60. The van der Waals surface area contributed by atoms with Crippen molar-refractivity contribution in [2.45, 2.75) is 39.3 Å². The van der Waals surface area contributed by atoms with Gasteiger partial charge in [0.1, 0.15) is 5.82 Å². The summed E-state index contributed by atoms with van der Waals surface area (Å²) >= 11 is 0. The summed E-state index contributed by atoms with van der Waals surface area (Å²) in [6.07, 6.45) is 5.04. The van der Waals surface area contributed by atoms with Crippen LogP contribution in [-0.4, -0.2) is 28.5 Å². The molecule has 0 spiro atoms. The fraction of sp³-hybridized carbons (Fsp3) is 0.444. The lowest BCUT2D eigenvalue weighted by Crippen LogP contribution is -2.18. The molecule has 0 radical (unpaired) electrons. The molecule has 2 aromatic rings. The topological polar surface area (TPSA) is 41.1 Å². The second-order valence-corrected chi connectivity index (χ2v) is 6.40. The Morgan fingerprint density at radius 3 is 2.68 bits per heavy atom. The van der Waals surface area contributed by atoms with Gasteiger partial charge in [-0.15, -0.1) is 0 Å². The summed E-state index contributed by atoms with van der Waals surface area (Å²) in [5, 5.41) is 3.51. The fourth-order valence-electron chi connectivity index (χ4n) is 2.95. The van der Waals surface area contributed by atoms with Crippen LogP contribution in [0.1, 0.15) is 42.3 Å². The van der Waals surface area contributed by atoms with Crippen molar-refractivity contribution in [3.63, 3.8) is 0 Å². The maximum atomic E-state index is 4.45. The Hall–Kier alpha value is -1.94. The van der Waals surface area contributed by atoms with Crippen molar-refractivity contribution in [3.05, 3.63) is 53.1 Å². The molecular weight excluding hydrogens is 272 g/mol. The molecule has 0 bridgehead atoms. The minimum Gasteiger partial charge on any atom is -0.384 e. The average Bonchev–Trinajstić information content (AvgIpc) is 2.97. The Morgan fingerprint density at radius 1 is 1.18 bits per heavy atom. The molecular formula is C18H24N4. The Kier molecular flexibility index (Phi) is 4.39. The molecule has 22 heavy (non-hydrogen) atoms. The molecule has 1 aliphatic rings. The zero-order valence-corrected chi connectivity index (χ0v) is 13.6. The number of hydrogen-bond acceptors (Lipinski definition) is 4. The van der Waals surface area contributed by atoms with Gasteiger partial charge in [-0.1, -0.05) is 32.0 Å². The molecule has 0 atom stereocenters. The van der Waals surface area contributed by atoms with Crippen molar-refractivity contribution in [1.29, 1.82) is 0 Å². The minimum absolute atomic E-state index is 0.379. The molecule has 4 heteroatoms. The number of aromatic nitrogens is 2. The van der Waals surface area contributed by atoms with Gasteiger partial charge in [-0.25, -0.2) is 9.97 Å². The summed E-state index contributed by atoms with van der Waals surface area (Å²) in [4.78, 5) is 11.2. The van der Waals surface area contributed by atoms with Crippen molar-refractivity contribution in [1.82, 2.24) is 14.9 Å². The van der Waals surface area contributed by atoms with E-state index in [0.717, 1.165) is 37.4 Å². The maximum Gasteiger partial charge on any atom is 0.130 e. The van der Waals surface area contributed by atoms with Crippen LogP contribution in [0.15, 0.2) is 30.6 Å². The fourth-order valence-corrected chi connectivity index (χ4v) is 2.95. The molecule has 0 saturated heterocycles. The lowest BCUT2D eigenvalue weighted by atomic mass is 10.1. The number of nitrogens with zero attached hydrogens (tertiary/aromatic N) is 3. The Bertz CT molecular complexity index is 634. The van der Waals surface area contributed by atoms with Gasteiger partial charge in [-0.2, -0.15) is 0 Å². The highest BCUT2D eigenvalue weighted by Crippen LogP contribution is 2.27. The van der Waals surface area contributed by atoms with Crippen LogP contribution in [0.5, 0.6) is 0 Å². The highest BCUT2D eigenvalue weighted by atomic mass is 15.1. The van der Waals surface area contributed by atoms with E-state index in [0.29, 0.717) is 5.92 Å². The van der Waals surface area contributed by atoms with E-state index in [-0.39, 0.29) is 0 Å². The number of benzene rings is 1. The molecule has 116 valence electrons. The second-order valence-electron chi connectivity index (χ2n) is 6.40. The minimum atomic E-state index is 0.379. The molecule has 3 rings (SSSR count). The monoisotopic (exact) mass is 296 g/mol. The molecule has 0 fully saturated rings. The quantitative estimate of drug-likeness (QED) is 0.920. The molecule has 1 aliphatic heterocycles. The van der Waals surface area contributed by atoms with Gasteiger partial charge in [0.15, 0.2) is 0 Å². The molecule has 0 saturated carbocycles. The highest BCUT2D eigenvalue weighted by molar-refractivity contribution is 5.61. The van der Waals surface area contributed by atoms with Gasteiger partial charge in [0.25, 0.3) is 0 Å². The van der Waals surface area contributed by atoms with E-state index < -0.39 is 0 Å². The molecule has 2 heterocycles. The molecule has 1 aromatic carbocycles. The summed E-state index contributed by atoms with van der Waals surface area (Å²) < 4.78 is 0.